The van der Waals surface area contributed by atoms with Crippen LogP contribution in [-0.2, 0) is 0 Å². The second-order valence-corrected chi connectivity index (χ2v) is 9.96. The Bertz CT molecular complexity index is 1420. The van der Waals surface area contributed by atoms with Gasteiger partial charge in [-0.15, -0.1) is 0 Å². The molecule has 0 spiro atoms. The summed E-state index contributed by atoms with van der Waals surface area (Å²) < 4.78 is 24.3. The molecule has 0 radical (unpaired) electrons. The van der Waals surface area contributed by atoms with Crippen LogP contribution in [0.4, 0.5) is 4.39 Å². The largest absolute Gasteiger partial charge is 0.449 e. The van der Waals surface area contributed by atoms with Crippen LogP contribution >= 0.6 is 0 Å². The first-order valence-corrected chi connectivity index (χ1v) is 11.9. The molecule has 0 bridgehead atoms. The summed E-state index contributed by atoms with van der Waals surface area (Å²) in [6.45, 7) is 8.97. The second kappa shape index (κ2) is 8.89. The van der Waals surface area contributed by atoms with Crippen molar-refractivity contribution < 1.29 is 22.9 Å². The van der Waals surface area contributed by atoms with Gasteiger partial charge in [-0.05, 0) is 50.1 Å². The molecule has 8 nitrogen and oxygen atoms in total. The van der Waals surface area contributed by atoms with Crippen molar-refractivity contribution >= 4 is 22.9 Å². The SMILES string of the molecule is CC(C)c1cc(-c2ccc(F)cc2)nc2cc(C(=O)N3CCN(C(=O)c4ccon4)CC3(C)C)oc12. The first-order chi connectivity index (χ1) is 17.1. The molecule has 2 amide bonds. The molecule has 0 aliphatic carbocycles. The molecule has 1 fully saturated rings. The number of carbonyl (C=O) groups excluding carboxylic acids is 2. The number of furan rings is 1. The van der Waals surface area contributed by atoms with Gasteiger partial charge in [0.2, 0.25) is 0 Å². The van der Waals surface area contributed by atoms with Crippen molar-refractivity contribution in [2.45, 2.75) is 39.2 Å². The second-order valence-electron chi connectivity index (χ2n) is 9.96. The Balaban J connectivity index is 1.45. The van der Waals surface area contributed by atoms with Gasteiger partial charge in [0, 0.05) is 42.9 Å². The lowest BCUT2D eigenvalue weighted by Crippen LogP contribution is -2.62. The van der Waals surface area contributed by atoms with Crippen LogP contribution < -0.4 is 0 Å². The van der Waals surface area contributed by atoms with E-state index in [0.29, 0.717) is 36.4 Å². The third-order valence-electron chi connectivity index (χ3n) is 6.57. The number of amides is 2. The molecule has 0 atom stereocenters. The van der Waals surface area contributed by atoms with Crippen molar-refractivity contribution in [2.24, 2.45) is 0 Å². The summed E-state index contributed by atoms with van der Waals surface area (Å²) >= 11 is 0. The van der Waals surface area contributed by atoms with E-state index in [0.717, 1.165) is 11.1 Å². The smallest absolute Gasteiger partial charge is 0.290 e. The molecule has 4 heterocycles. The van der Waals surface area contributed by atoms with Gasteiger partial charge in [-0.25, -0.2) is 9.37 Å². The van der Waals surface area contributed by atoms with Crippen LogP contribution in [0.3, 0.4) is 0 Å². The normalized spacial score (nSPS) is 15.6. The van der Waals surface area contributed by atoms with E-state index < -0.39 is 5.54 Å². The molecule has 1 aliphatic rings. The molecule has 186 valence electrons. The number of pyridine rings is 1. The van der Waals surface area contributed by atoms with Crippen molar-refractivity contribution in [3.05, 3.63) is 71.6 Å². The molecular weight excluding hydrogens is 463 g/mol. The molecule has 1 aliphatic heterocycles. The standard InChI is InChI=1S/C27H27FN4O4/c1-16(2)19-13-21(17-5-7-18(28)8-6-17)29-22-14-23(36-24(19)22)26(34)32-11-10-31(15-27(32,3)4)25(33)20-9-12-35-30-20/h5-9,12-14,16H,10-11,15H2,1-4H3. The number of fused-ring (bicyclic) bond motifs is 1. The molecule has 0 unspecified atom stereocenters. The molecule has 4 aromatic rings. The van der Waals surface area contributed by atoms with Crippen LogP contribution in [0.25, 0.3) is 22.4 Å². The monoisotopic (exact) mass is 490 g/mol. The summed E-state index contributed by atoms with van der Waals surface area (Å²) in [5.74, 6) is -0.492. The molecule has 5 rings (SSSR count). The number of nitrogens with zero attached hydrogens (tertiary/aromatic N) is 4. The summed E-state index contributed by atoms with van der Waals surface area (Å²) in [6.07, 6.45) is 1.36. The summed E-state index contributed by atoms with van der Waals surface area (Å²) in [5, 5.41) is 3.73. The highest BCUT2D eigenvalue weighted by atomic mass is 19.1. The number of rotatable bonds is 4. The van der Waals surface area contributed by atoms with E-state index in [2.05, 4.69) is 5.16 Å². The fourth-order valence-electron chi connectivity index (χ4n) is 4.67. The highest BCUT2D eigenvalue weighted by Crippen LogP contribution is 2.33. The lowest BCUT2D eigenvalue weighted by atomic mass is 9.98. The van der Waals surface area contributed by atoms with Gasteiger partial charge in [-0.1, -0.05) is 19.0 Å². The maximum absolute atomic E-state index is 13.6. The number of hydrogen-bond acceptors (Lipinski definition) is 6. The van der Waals surface area contributed by atoms with Crippen LogP contribution in [-0.4, -0.2) is 56.9 Å². The molecule has 1 aromatic carbocycles. The Morgan fingerprint density at radius 1 is 1.06 bits per heavy atom. The van der Waals surface area contributed by atoms with Gasteiger partial charge in [0.1, 0.15) is 17.6 Å². The molecule has 3 aromatic heterocycles. The quantitative estimate of drug-likeness (QED) is 0.394. The topological polar surface area (TPSA) is 92.7 Å². The molecule has 0 N–H and O–H groups in total. The van der Waals surface area contributed by atoms with Gasteiger partial charge < -0.3 is 18.7 Å². The van der Waals surface area contributed by atoms with Crippen molar-refractivity contribution in [1.29, 1.82) is 0 Å². The number of halogens is 1. The van der Waals surface area contributed by atoms with Gasteiger partial charge in [0.05, 0.1) is 11.2 Å². The van der Waals surface area contributed by atoms with E-state index in [4.69, 9.17) is 13.9 Å². The van der Waals surface area contributed by atoms with E-state index >= 15 is 0 Å². The summed E-state index contributed by atoms with van der Waals surface area (Å²) in [7, 11) is 0. The third kappa shape index (κ3) is 4.25. The number of benzene rings is 1. The van der Waals surface area contributed by atoms with Crippen LogP contribution in [0, 0.1) is 5.82 Å². The Morgan fingerprint density at radius 2 is 1.81 bits per heavy atom. The minimum Gasteiger partial charge on any atom is -0.449 e. The molecule has 0 saturated carbocycles. The third-order valence-corrected chi connectivity index (χ3v) is 6.57. The lowest BCUT2D eigenvalue weighted by molar-refractivity contribution is 0.0147. The minimum absolute atomic E-state index is 0.117. The Kier molecular flexibility index (Phi) is 5.86. The van der Waals surface area contributed by atoms with E-state index in [9.17, 15) is 14.0 Å². The molecule has 1 saturated heterocycles. The van der Waals surface area contributed by atoms with Crippen LogP contribution in [0.5, 0.6) is 0 Å². The summed E-state index contributed by atoms with van der Waals surface area (Å²) in [5.41, 5.74) is 3.13. The highest BCUT2D eigenvalue weighted by molar-refractivity contribution is 5.97. The first-order valence-electron chi connectivity index (χ1n) is 11.9. The van der Waals surface area contributed by atoms with E-state index in [1.54, 1.807) is 28.0 Å². The zero-order chi connectivity index (χ0) is 25.6. The van der Waals surface area contributed by atoms with Crippen molar-refractivity contribution in [2.75, 3.05) is 19.6 Å². The van der Waals surface area contributed by atoms with Crippen molar-refractivity contribution in [3.63, 3.8) is 0 Å². The molecular formula is C27H27FN4O4. The Labute approximate surface area is 207 Å². The number of aromatic nitrogens is 2. The number of piperazine rings is 1. The predicted octanol–water partition coefficient (Wildman–Crippen LogP) is 5.12. The van der Waals surface area contributed by atoms with Gasteiger partial charge in [0.25, 0.3) is 11.8 Å². The zero-order valence-corrected chi connectivity index (χ0v) is 20.6. The minimum atomic E-state index is -0.638. The van der Waals surface area contributed by atoms with Gasteiger partial charge in [-0.2, -0.15) is 0 Å². The lowest BCUT2D eigenvalue weighted by Gasteiger charge is -2.46. The highest BCUT2D eigenvalue weighted by Gasteiger charge is 2.40. The Morgan fingerprint density at radius 3 is 2.44 bits per heavy atom. The number of carbonyl (C=O) groups is 2. The Hall–Kier alpha value is -4.01. The van der Waals surface area contributed by atoms with Crippen LogP contribution in [0.1, 0.15) is 60.2 Å². The molecule has 36 heavy (non-hydrogen) atoms. The van der Waals surface area contributed by atoms with Crippen molar-refractivity contribution in [3.8, 4) is 11.3 Å². The fourth-order valence-corrected chi connectivity index (χ4v) is 4.67. The van der Waals surface area contributed by atoms with E-state index in [1.807, 2.05) is 33.8 Å². The number of hydrogen-bond donors (Lipinski definition) is 0. The summed E-state index contributed by atoms with van der Waals surface area (Å²) in [4.78, 5) is 34.4. The van der Waals surface area contributed by atoms with Gasteiger partial charge in [-0.3, -0.25) is 9.59 Å². The average Bonchev–Trinajstić information content (AvgIpc) is 3.52. The van der Waals surface area contributed by atoms with Crippen molar-refractivity contribution in [1.82, 2.24) is 19.9 Å². The average molecular weight is 491 g/mol. The first kappa shape index (κ1) is 23.7. The maximum Gasteiger partial charge on any atom is 0.290 e. The van der Waals surface area contributed by atoms with Crippen LogP contribution in [0.15, 0.2) is 57.7 Å². The summed E-state index contributed by atoms with van der Waals surface area (Å²) in [6, 6.07) is 11.3. The van der Waals surface area contributed by atoms with E-state index in [-0.39, 0.29) is 35.0 Å². The zero-order valence-electron chi connectivity index (χ0n) is 20.6. The van der Waals surface area contributed by atoms with Gasteiger partial charge in [0.15, 0.2) is 17.0 Å². The maximum atomic E-state index is 13.6. The van der Waals surface area contributed by atoms with Gasteiger partial charge >= 0.3 is 0 Å². The van der Waals surface area contributed by atoms with E-state index in [1.165, 1.54) is 24.5 Å². The van der Waals surface area contributed by atoms with Crippen LogP contribution in [0.2, 0.25) is 0 Å². The predicted molar refractivity (Wildman–Crippen MR) is 131 cm³/mol. The molecule has 9 heteroatoms. The fraction of sp³-hybridized carbons (Fsp3) is 0.333.